The van der Waals surface area contributed by atoms with Gasteiger partial charge in [0.05, 0.1) is 29.3 Å². The standard InChI is InChI=1S/C29H31N3O6S2/c1-6-7-18-16-20(28(34)37-5)9-15-25(18)38-26(19-8-14-23-24(17-19)31-39-30-23)27(33)32-40(35,36)22-12-10-21(11-13-22)29(2,3)4/h8-17,26H,6-7H2,1-5H3,(H,32,33). The highest BCUT2D eigenvalue weighted by molar-refractivity contribution is 7.90. The van der Waals surface area contributed by atoms with Crippen LogP contribution in [0.25, 0.3) is 11.0 Å². The molecule has 1 atom stereocenters. The van der Waals surface area contributed by atoms with E-state index in [2.05, 4.69) is 13.5 Å². The number of carbonyl (C=O) groups is 2. The van der Waals surface area contributed by atoms with Crippen molar-refractivity contribution >= 4 is 44.7 Å². The third-order valence-electron chi connectivity index (χ3n) is 6.33. The lowest BCUT2D eigenvalue weighted by Gasteiger charge is -2.22. The summed E-state index contributed by atoms with van der Waals surface area (Å²) in [6, 6.07) is 16.2. The van der Waals surface area contributed by atoms with E-state index in [1.165, 1.54) is 25.3 Å². The Morgan fingerprint density at radius 2 is 1.68 bits per heavy atom. The first kappa shape index (κ1) is 29.2. The molecule has 0 fully saturated rings. The van der Waals surface area contributed by atoms with Crippen molar-refractivity contribution in [2.45, 2.75) is 57.0 Å². The lowest BCUT2D eigenvalue weighted by atomic mass is 9.87. The topological polar surface area (TPSA) is 125 Å². The number of rotatable bonds is 9. The number of methoxy groups -OCH3 is 1. The molecule has 1 amide bonds. The summed E-state index contributed by atoms with van der Waals surface area (Å²) in [4.78, 5) is 25.7. The summed E-state index contributed by atoms with van der Waals surface area (Å²) in [6.45, 7) is 8.05. The van der Waals surface area contributed by atoms with Crippen molar-refractivity contribution < 1.29 is 27.5 Å². The van der Waals surface area contributed by atoms with Gasteiger partial charge in [-0.3, -0.25) is 4.79 Å². The Bertz CT molecular complexity index is 1640. The molecule has 0 aliphatic rings. The minimum absolute atomic E-state index is 0.0409. The van der Waals surface area contributed by atoms with Crippen molar-refractivity contribution in [3.63, 3.8) is 0 Å². The first-order valence-corrected chi connectivity index (χ1v) is 14.9. The van der Waals surface area contributed by atoms with E-state index in [1.54, 1.807) is 42.5 Å². The third kappa shape index (κ3) is 6.48. The number of ether oxygens (including phenoxy) is 2. The molecule has 3 aromatic carbocycles. The Kier molecular flexibility index (Phi) is 8.55. The predicted octanol–water partition coefficient (Wildman–Crippen LogP) is 5.35. The average Bonchev–Trinajstić information content (AvgIpc) is 3.39. The highest BCUT2D eigenvalue weighted by Crippen LogP contribution is 2.30. The lowest BCUT2D eigenvalue weighted by Crippen LogP contribution is -2.37. The molecule has 0 radical (unpaired) electrons. The van der Waals surface area contributed by atoms with Crippen LogP contribution in [0.4, 0.5) is 0 Å². The van der Waals surface area contributed by atoms with Gasteiger partial charge < -0.3 is 9.47 Å². The summed E-state index contributed by atoms with van der Waals surface area (Å²) in [5.74, 6) is -1.02. The number of nitrogens with one attached hydrogen (secondary N) is 1. The van der Waals surface area contributed by atoms with Crippen LogP contribution < -0.4 is 9.46 Å². The fraction of sp³-hybridized carbons (Fsp3) is 0.310. The lowest BCUT2D eigenvalue weighted by molar-refractivity contribution is -0.126. The number of benzene rings is 3. The molecular formula is C29H31N3O6S2. The molecule has 4 rings (SSSR count). The van der Waals surface area contributed by atoms with Crippen molar-refractivity contribution in [1.29, 1.82) is 0 Å². The number of nitrogens with zero attached hydrogens (tertiary/aromatic N) is 2. The number of carbonyl (C=O) groups excluding carboxylic acids is 2. The molecule has 0 spiro atoms. The minimum atomic E-state index is -4.21. The van der Waals surface area contributed by atoms with Gasteiger partial charge in [-0.2, -0.15) is 8.75 Å². The van der Waals surface area contributed by atoms with E-state index >= 15 is 0 Å². The van der Waals surface area contributed by atoms with Gasteiger partial charge in [0.1, 0.15) is 16.8 Å². The van der Waals surface area contributed by atoms with Gasteiger partial charge in [-0.15, -0.1) is 0 Å². The summed E-state index contributed by atoms with van der Waals surface area (Å²) >= 11 is 1.03. The molecule has 11 heteroatoms. The first-order valence-electron chi connectivity index (χ1n) is 12.7. The van der Waals surface area contributed by atoms with Gasteiger partial charge in [-0.25, -0.2) is 17.9 Å². The van der Waals surface area contributed by atoms with Crippen LogP contribution >= 0.6 is 11.7 Å². The maximum absolute atomic E-state index is 13.6. The van der Waals surface area contributed by atoms with Crippen molar-refractivity contribution in [3.8, 4) is 5.75 Å². The quantitative estimate of drug-likeness (QED) is 0.262. The molecule has 1 aromatic heterocycles. The second-order valence-electron chi connectivity index (χ2n) is 10.3. The number of hydrogen-bond donors (Lipinski definition) is 1. The number of aryl methyl sites for hydroxylation is 1. The molecule has 9 nitrogen and oxygen atoms in total. The molecule has 0 saturated heterocycles. The summed E-state index contributed by atoms with van der Waals surface area (Å²) in [6.07, 6.45) is -0.0378. The van der Waals surface area contributed by atoms with Gasteiger partial charge >= 0.3 is 5.97 Å². The van der Waals surface area contributed by atoms with E-state index in [1.807, 2.05) is 27.7 Å². The van der Waals surface area contributed by atoms with Crippen LogP contribution in [-0.4, -0.2) is 36.2 Å². The van der Waals surface area contributed by atoms with Crippen LogP contribution in [0.5, 0.6) is 5.75 Å². The molecule has 40 heavy (non-hydrogen) atoms. The van der Waals surface area contributed by atoms with Crippen LogP contribution in [0, 0.1) is 0 Å². The summed E-state index contributed by atoms with van der Waals surface area (Å²) in [5, 5.41) is 0. The molecule has 0 aliphatic carbocycles. The molecular weight excluding hydrogens is 550 g/mol. The van der Waals surface area contributed by atoms with Crippen LogP contribution in [-0.2, 0) is 31.4 Å². The Balaban J connectivity index is 1.70. The van der Waals surface area contributed by atoms with E-state index < -0.39 is 28.0 Å². The molecule has 4 aromatic rings. The summed E-state index contributed by atoms with van der Waals surface area (Å²) in [5.41, 5.74) is 3.43. The van der Waals surface area contributed by atoms with Crippen molar-refractivity contribution in [2.75, 3.05) is 7.11 Å². The number of amides is 1. The zero-order valence-electron chi connectivity index (χ0n) is 22.9. The smallest absolute Gasteiger partial charge is 0.337 e. The van der Waals surface area contributed by atoms with Gasteiger partial charge in [-0.05, 0) is 65.4 Å². The molecule has 1 unspecified atom stereocenters. The Hall–Kier alpha value is -3.83. The third-order valence-corrected chi connectivity index (χ3v) is 8.25. The van der Waals surface area contributed by atoms with Gasteiger partial charge in [0.25, 0.3) is 15.9 Å². The van der Waals surface area contributed by atoms with Gasteiger partial charge in [0.2, 0.25) is 6.10 Å². The number of sulfonamides is 1. The van der Waals surface area contributed by atoms with Crippen molar-refractivity contribution in [2.24, 2.45) is 0 Å². The minimum Gasteiger partial charge on any atom is -0.475 e. The first-order chi connectivity index (χ1) is 18.9. The average molecular weight is 582 g/mol. The molecule has 0 saturated carbocycles. The highest BCUT2D eigenvalue weighted by atomic mass is 32.2. The number of esters is 1. The van der Waals surface area contributed by atoms with Crippen molar-refractivity contribution in [1.82, 2.24) is 13.5 Å². The van der Waals surface area contributed by atoms with Crippen LogP contribution in [0.3, 0.4) is 0 Å². The van der Waals surface area contributed by atoms with E-state index in [0.717, 1.165) is 23.7 Å². The van der Waals surface area contributed by atoms with Crippen molar-refractivity contribution in [3.05, 3.63) is 82.9 Å². The fourth-order valence-corrected chi connectivity index (χ4v) is 5.65. The summed E-state index contributed by atoms with van der Waals surface area (Å²) in [7, 11) is -2.91. The highest BCUT2D eigenvalue weighted by Gasteiger charge is 2.29. The maximum Gasteiger partial charge on any atom is 0.337 e. The van der Waals surface area contributed by atoms with Crippen LogP contribution in [0.1, 0.15) is 67.3 Å². The number of aromatic nitrogens is 2. The van der Waals surface area contributed by atoms with Crippen LogP contribution in [0.15, 0.2) is 65.6 Å². The van der Waals surface area contributed by atoms with Gasteiger partial charge in [-0.1, -0.05) is 52.3 Å². The van der Waals surface area contributed by atoms with Gasteiger partial charge in [0.15, 0.2) is 0 Å². The zero-order chi connectivity index (χ0) is 29.1. The molecule has 0 aliphatic heterocycles. The molecule has 0 bridgehead atoms. The fourth-order valence-electron chi connectivity index (χ4n) is 4.15. The Morgan fingerprint density at radius 3 is 2.33 bits per heavy atom. The second-order valence-corrected chi connectivity index (χ2v) is 12.5. The second kappa shape index (κ2) is 11.7. The Labute approximate surface area is 237 Å². The van der Waals surface area contributed by atoms with E-state index in [4.69, 9.17) is 9.47 Å². The summed E-state index contributed by atoms with van der Waals surface area (Å²) < 4.78 is 48.1. The van der Waals surface area contributed by atoms with E-state index in [-0.39, 0.29) is 10.3 Å². The monoisotopic (exact) mass is 581 g/mol. The predicted molar refractivity (Wildman–Crippen MR) is 153 cm³/mol. The molecule has 210 valence electrons. The van der Waals surface area contributed by atoms with Gasteiger partial charge in [0, 0.05) is 5.56 Å². The van der Waals surface area contributed by atoms with E-state index in [9.17, 15) is 18.0 Å². The van der Waals surface area contributed by atoms with Crippen LogP contribution in [0.2, 0.25) is 0 Å². The molecule has 1 heterocycles. The SMILES string of the molecule is CCCc1cc(C(=O)OC)ccc1OC(C(=O)NS(=O)(=O)c1ccc(C(C)(C)C)cc1)c1ccc2nsnc2c1. The maximum atomic E-state index is 13.6. The Morgan fingerprint density at radius 1 is 0.975 bits per heavy atom. The largest absolute Gasteiger partial charge is 0.475 e. The number of fused-ring (bicyclic) bond motifs is 1. The molecule has 1 N–H and O–H groups in total. The van der Waals surface area contributed by atoms with E-state index in [0.29, 0.717) is 39.9 Å². The normalized spacial score (nSPS) is 12.6. The number of hydrogen-bond acceptors (Lipinski definition) is 9. The zero-order valence-corrected chi connectivity index (χ0v) is 24.6.